The molecule has 1 aromatic rings. The average molecular weight is 182 g/mol. The van der Waals surface area contributed by atoms with Gasteiger partial charge < -0.3 is 0 Å². The molecule has 0 spiro atoms. The molecule has 0 amide bonds. The quantitative estimate of drug-likeness (QED) is 0.662. The highest BCUT2D eigenvalue weighted by molar-refractivity contribution is 7.88. The maximum Gasteiger partial charge on any atom is 0.307 e. The first-order valence-corrected chi connectivity index (χ1v) is 4.54. The predicted molar refractivity (Wildman–Crippen MR) is 34.1 cm³/mol. The molecule has 3 nitrogen and oxygen atoms in total. The minimum Gasteiger partial charge on any atom is -0.281 e. The van der Waals surface area contributed by atoms with Gasteiger partial charge in [-0.05, 0) is 11.4 Å². The molecule has 0 aliphatic rings. The van der Waals surface area contributed by atoms with E-state index < -0.39 is 20.1 Å². The molecule has 56 valence electrons. The van der Waals surface area contributed by atoms with Crippen LogP contribution in [0.15, 0.2) is 15.7 Å². The number of hydrogen-bond donors (Lipinski definition) is 1. The van der Waals surface area contributed by atoms with Crippen LogP contribution >= 0.6 is 11.3 Å². The first-order chi connectivity index (χ1) is 4.52. The van der Waals surface area contributed by atoms with Crippen molar-refractivity contribution in [2.24, 2.45) is 0 Å². The maximum absolute atomic E-state index is 12.3. The summed E-state index contributed by atoms with van der Waals surface area (Å²) >= 11 is 0.644. The van der Waals surface area contributed by atoms with Crippen molar-refractivity contribution >= 4 is 21.5 Å². The Bertz CT molecular complexity index is 326. The average Bonchev–Trinajstić information content (AvgIpc) is 2.11. The lowest BCUT2D eigenvalue weighted by molar-refractivity contribution is 0.478. The maximum atomic E-state index is 12.3. The van der Waals surface area contributed by atoms with E-state index in [1.165, 1.54) is 5.38 Å². The Balaban J connectivity index is 3.32. The molecule has 0 fully saturated rings. The molecule has 6 heteroatoms. The van der Waals surface area contributed by atoms with Gasteiger partial charge in [0.15, 0.2) is 10.0 Å². The molecule has 0 saturated carbocycles. The van der Waals surface area contributed by atoms with Crippen LogP contribution in [0.25, 0.3) is 0 Å². The number of rotatable bonds is 1. The normalized spacial score (nSPS) is 11.8. The molecular weight excluding hydrogens is 179 g/mol. The predicted octanol–water partition coefficient (Wildman–Crippen LogP) is 1.13. The third-order valence-electron chi connectivity index (χ3n) is 0.819. The fourth-order valence-corrected chi connectivity index (χ4v) is 1.92. The van der Waals surface area contributed by atoms with Crippen LogP contribution < -0.4 is 0 Å². The first-order valence-electron chi connectivity index (χ1n) is 2.22. The third kappa shape index (κ3) is 1.34. The fourth-order valence-electron chi connectivity index (χ4n) is 0.464. The van der Waals surface area contributed by atoms with Gasteiger partial charge in [0.25, 0.3) is 0 Å². The number of hydrogen-bond acceptors (Lipinski definition) is 3. The van der Waals surface area contributed by atoms with E-state index in [0.29, 0.717) is 11.3 Å². The summed E-state index contributed by atoms with van der Waals surface area (Å²) in [4.78, 5) is 0. The Morgan fingerprint density at radius 1 is 1.60 bits per heavy atom. The largest absolute Gasteiger partial charge is 0.307 e. The van der Waals surface area contributed by atoms with Crippen molar-refractivity contribution in [1.82, 2.24) is 0 Å². The molecule has 0 bridgehead atoms. The van der Waals surface area contributed by atoms with Gasteiger partial charge >= 0.3 is 10.1 Å². The smallest absolute Gasteiger partial charge is 0.281 e. The summed E-state index contributed by atoms with van der Waals surface area (Å²) in [5, 5.41) is 1.25. The van der Waals surface area contributed by atoms with Crippen LogP contribution in [0.5, 0.6) is 0 Å². The zero-order chi connectivity index (χ0) is 7.78. The molecule has 0 aromatic carbocycles. The highest BCUT2D eigenvalue weighted by Crippen LogP contribution is 2.19. The minimum absolute atomic E-state index is 0.632. The second kappa shape index (κ2) is 2.30. The van der Waals surface area contributed by atoms with Crippen molar-refractivity contribution < 1.29 is 17.4 Å². The Morgan fingerprint density at radius 3 is 2.40 bits per heavy atom. The van der Waals surface area contributed by atoms with Gasteiger partial charge in [-0.3, -0.25) is 4.55 Å². The molecule has 0 aliphatic heterocycles. The summed E-state index contributed by atoms with van der Waals surface area (Å²) in [6.07, 6.45) is 0. The summed E-state index contributed by atoms with van der Waals surface area (Å²) in [5.74, 6) is -0.910. The second-order valence-corrected chi connectivity index (χ2v) is 4.06. The zero-order valence-corrected chi connectivity index (χ0v) is 6.25. The van der Waals surface area contributed by atoms with E-state index in [1.807, 2.05) is 0 Å². The summed E-state index contributed by atoms with van der Waals surface area (Å²) in [5.41, 5.74) is 0. The van der Waals surface area contributed by atoms with Crippen LogP contribution in [0, 0.1) is 5.82 Å². The van der Waals surface area contributed by atoms with Crippen LogP contribution in [-0.2, 0) is 10.1 Å². The van der Waals surface area contributed by atoms with E-state index in [9.17, 15) is 12.8 Å². The Hall–Kier alpha value is -0.460. The molecule has 0 unspecified atom stereocenters. The van der Waals surface area contributed by atoms with Gasteiger partial charge in [0.1, 0.15) is 0 Å². The Kier molecular flexibility index (Phi) is 1.76. The van der Waals surface area contributed by atoms with E-state index in [1.54, 1.807) is 0 Å². The van der Waals surface area contributed by atoms with E-state index in [2.05, 4.69) is 0 Å². The van der Waals surface area contributed by atoms with Gasteiger partial charge in [-0.25, -0.2) is 4.39 Å². The van der Waals surface area contributed by atoms with E-state index in [-0.39, 0.29) is 0 Å². The van der Waals surface area contributed by atoms with Crippen molar-refractivity contribution in [1.29, 1.82) is 0 Å². The molecule has 0 atom stereocenters. The van der Waals surface area contributed by atoms with Crippen molar-refractivity contribution in [3.05, 3.63) is 17.3 Å². The van der Waals surface area contributed by atoms with Crippen molar-refractivity contribution in [3.8, 4) is 0 Å². The fraction of sp³-hybridized carbons (Fsp3) is 0. The first kappa shape index (κ1) is 7.64. The standard InChI is InChI=1S/C4H3FO3S2/c5-3-1-2-9-4(3)10(6,7)8/h1-2H,(H,6,7,8). The summed E-state index contributed by atoms with van der Waals surface area (Å²) in [7, 11) is -4.35. The molecule has 1 rings (SSSR count). The topological polar surface area (TPSA) is 54.4 Å². The highest BCUT2D eigenvalue weighted by Gasteiger charge is 2.16. The van der Waals surface area contributed by atoms with E-state index in [4.69, 9.17) is 4.55 Å². The summed E-state index contributed by atoms with van der Waals surface area (Å²) in [6, 6.07) is 0.980. The van der Waals surface area contributed by atoms with Gasteiger partial charge in [0.05, 0.1) is 0 Å². The molecule has 0 aliphatic carbocycles. The Morgan fingerprint density at radius 2 is 2.20 bits per heavy atom. The highest BCUT2D eigenvalue weighted by atomic mass is 32.3. The summed E-state index contributed by atoms with van der Waals surface area (Å²) < 4.78 is 40.5. The molecule has 1 N–H and O–H groups in total. The lowest BCUT2D eigenvalue weighted by Gasteiger charge is -1.87. The van der Waals surface area contributed by atoms with Crippen LogP contribution in [-0.4, -0.2) is 13.0 Å². The van der Waals surface area contributed by atoms with E-state index >= 15 is 0 Å². The molecule has 10 heavy (non-hydrogen) atoms. The van der Waals surface area contributed by atoms with Crippen molar-refractivity contribution in [2.75, 3.05) is 0 Å². The Labute approximate surface area is 60.9 Å². The monoisotopic (exact) mass is 182 g/mol. The molecule has 0 radical (unpaired) electrons. The molecular formula is C4H3FO3S2. The van der Waals surface area contributed by atoms with Crippen LogP contribution in [0.1, 0.15) is 0 Å². The van der Waals surface area contributed by atoms with Crippen LogP contribution in [0.3, 0.4) is 0 Å². The van der Waals surface area contributed by atoms with Crippen molar-refractivity contribution in [3.63, 3.8) is 0 Å². The molecule has 1 heterocycles. The van der Waals surface area contributed by atoms with Gasteiger partial charge in [0.2, 0.25) is 0 Å². The van der Waals surface area contributed by atoms with Crippen LogP contribution in [0.2, 0.25) is 0 Å². The zero-order valence-electron chi connectivity index (χ0n) is 4.61. The van der Waals surface area contributed by atoms with E-state index in [0.717, 1.165) is 6.07 Å². The van der Waals surface area contributed by atoms with Gasteiger partial charge in [-0.15, -0.1) is 11.3 Å². The summed E-state index contributed by atoms with van der Waals surface area (Å²) in [6.45, 7) is 0. The van der Waals surface area contributed by atoms with Gasteiger partial charge in [-0.2, -0.15) is 8.42 Å². The second-order valence-electron chi connectivity index (χ2n) is 1.53. The number of thiophene rings is 1. The van der Waals surface area contributed by atoms with Gasteiger partial charge in [0, 0.05) is 0 Å². The minimum atomic E-state index is -4.35. The number of halogens is 1. The van der Waals surface area contributed by atoms with Gasteiger partial charge in [-0.1, -0.05) is 0 Å². The lowest BCUT2D eigenvalue weighted by Crippen LogP contribution is -1.96. The third-order valence-corrected chi connectivity index (χ3v) is 3.08. The van der Waals surface area contributed by atoms with Crippen LogP contribution in [0.4, 0.5) is 4.39 Å². The lowest BCUT2D eigenvalue weighted by atomic mass is 10.6. The molecule has 1 aromatic heterocycles. The van der Waals surface area contributed by atoms with Crippen molar-refractivity contribution in [2.45, 2.75) is 4.21 Å². The molecule has 0 saturated heterocycles. The SMILES string of the molecule is O=S(=O)(O)c1sccc1F.